The van der Waals surface area contributed by atoms with Gasteiger partial charge in [0, 0.05) is 42.3 Å². The van der Waals surface area contributed by atoms with Crippen LogP contribution in [-0.4, -0.2) is 77.9 Å². The minimum absolute atomic E-state index is 0.00330. The molecule has 0 aliphatic carbocycles. The molecule has 0 bridgehead atoms. The van der Waals surface area contributed by atoms with Crippen molar-refractivity contribution in [2.45, 2.75) is 45.3 Å². The molecule has 0 aromatic heterocycles. The predicted molar refractivity (Wildman–Crippen MR) is 138 cm³/mol. The van der Waals surface area contributed by atoms with Crippen LogP contribution in [0.4, 0.5) is 18.0 Å². The van der Waals surface area contributed by atoms with E-state index in [-0.39, 0.29) is 30.3 Å². The van der Waals surface area contributed by atoms with Crippen LogP contribution in [0.3, 0.4) is 0 Å². The highest BCUT2D eigenvalue weighted by Gasteiger charge is 2.34. The maximum atomic E-state index is 13.3. The molecule has 1 heterocycles. The maximum Gasteiger partial charge on any atom is 0.573 e. The molecule has 3 rings (SSSR count). The Kier molecular flexibility index (Phi) is 9.73. The highest BCUT2D eigenvalue weighted by Crippen LogP contribution is 2.31. The van der Waals surface area contributed by atoms with Crippen molar-refractivity contribution in [3.05, 3.63) is 64.2 Å². The van der Waals surface area contributed by atoms with Crippen molar-refractivity contribution in [2.75, 3.05) is 25.9 Å². The van der Waals surface area contributed by atoms with Crippen molar-refractivity contribution in [3.63, 3.8) is 0 Å². The van der Waals surface area contributed by atoms with Crippen LogP contribution in [0.2, 0.25) is 5.02 Å². The van der Waals surface area contributed by atoms with Gasteiger partial charge in [0.15, 0.2) is 0 Å². The van der Waals surface area contributed by atoms with Crippen molar-refractivity contribution in [3.8, 4) is 5.75 Å². The van der Waals surface area contributed by atoms with Crippen molar-refractivity contribution < 1.29 is 41.0 Å². The van der Waals surface area contributed by atoms with E-state index in [4.69, 9.17) is 11.6 Å². The lowest BCUT2D eigenvalue weighted by atomic mass is 10.0. The molecular weight excluding hydrogens is 563 g/mol. The maximum absolute atomic E-state index is 13.3. The summed E-state index contributed by atoms with van der Waals surface area (Å²) in [6.07, 6.45) is -4.91. The minimum Gasteiger partial charge on any atom is -0.465 e. The second-order valence-corrected chi connectivity index (χ2v) is 11.8. The molecule has 214 valence electrons. The van der Waals surface area contributed by atoms with Gasteiger partial charge in [-0.1, -0.05) is 29.8 Å². The van der Waals surface area contributed by atoms with E-state index >= 15 is 0 Å². The van der Waals surface area contributed by atoms with E-state index in [1.807, 2.05) is 0 Å². The van der Waals surface area contributed by atoms with E-state index in [9.17, 15) is 36.3 Å². The van der Waals surface area contributed by atoms with Gasteiger partial charge in [0.1, 0.15) is 5.75 Å². The van der Waals surface area contributed by atoms with Crippen LogP contribution in [0.15, 0.2) is 42.5 Å². The van der Waals surface area contributed by atoms with E-state index in [2.05, 4.69) is 4.74 Å². The molecule has 2 aromatic carbocycles. The summed E-state index contributed by atoms with van der Waals surface area (Å²) in [4.78, 5) is 27.7. The summed E-state index contributed by atoms with van der Waals surface area (Å²) in [7, 11) is -2.66. The second kappa shape index (κ2) is 12.4. The Bertz CT molecular complexity index is 1310. The number of hydrogen-bond donors (Lipinski definition) is 1. The number of likely N-dealkylation sites (tertiary alicyclic amines) is 1. The summed E-state index contributed by atoms with van der Waals surface area (Å²) in [5.41, 5.74) is 0.226. The molecule has 1 unspecified atom stereocenters. The molecular formula is C25H29ClF3N3O6S. The van der Waals surface area contributed by atoms with Gasteiger partial charge >= 0.3 is 12.5 Å². The number of nitrogens with zero attached hydrogens (tertiary/aromatic N) is 3. The standard InChI is InChI=1S/C25H29ClF3N3O6S/c1-3-39(36,37)32(14-17-6-4-7-20(26)12-17)23(33)18-9-10-19(22(13-18)38-25(27,28)29)15-31-11-5-8-21(16-31)30(2)24(34)35/h4,6-7,9-10,12-13,21H,3,5,8,11,14-16H2,1-2H3,(H,34,35). The zero-order valence-electron chi connectivity index (χ0n) is 21.3. The topological polar surface area (TPSA) is 107 Å². The van der Waals surface area contributed by atoms with Crippen LogP contribution in [0.5, 0.6) is 5.75 Å². The minimum atomic E-state index is -5.07. The summed E-state index contributed by atoms with van der Waals surface area (Å²) >= 11 is 5.98. The Morgan fingerprint density at radius 1 is 1.21 bits per heavy atom. The Morgan fingerprint density at radius 2 is 1.92 bits per heavy atom. The highest BCUT2D eigenvalue weighted by atomic mass is 35.5. The number of carbonyl (C=O) groups excluding carboxylic acids is 1. The van der Waals surface area contributed by atoms with E-state index in [1.165, 1.54) is 37.1 Å². The predicted octanol–water partition coefficient (Wildman–Crippen LogP) is 4.80. The van der Waals surface area contributed by atoms with Crippen LogP contribution in [-0.2, 0) is 23.1 Å². The van der Waals surface area contributed by atoms with Gasteiger partial charge in [-0.15, -0.1) is 13.2 Å². The fourth-order valence-corrected chi connectivity index (χ4v) is 5.55. The molecule has 1 aliphatic rings. The summed E-state index contributed by atoms with van der Waals surface area (Å²) < 4.78 is 70.3. The van der Waals surface area contributed by atoms with E-state index in [0.717, 1.165) is 6.07 Å². The van der Waals surface area contributed by atoms with Gasteiger partial charge in [-0.3, -0.25) is 9.69 Å². The molecule has 2 aromatic rings. The van der Waals surface area contributed by atoms with E-state index in [0.29, 0.717) is 40.8 Å². The van der Waals surface area contributed by atoms with Gasteiger partial charge in [-0.2, -0.15) is 0 Å². The van der Waals surface area contributed by atoms with Crippen molar-refractivity contribution in [1.29, 1.82) is 0 Å². The molecule has 1 fully saturated rings. The third-order valence-corrected chi connectivity index (χ3v) is 8.34. The lowest BCUT2D eigenvalue weighted by molar-refractivity contribution is -0.275. The summed E-state index contributed by atoms with van der Waals surface area (Å²) in [5, 5.41) is 9.60. The number of carbonyl (C=O) groups is 2. The van der Waals surface area contributed by atoms with Crippen molar-refractivity contribution in [1.82, 2.24) is 14.1 Å². The van der Waals surface area contributed by atoms with Crippen LogP contribution in [0.25, 0.3) is 0 Å². The van der Waals surface area contributed by atoms with E-state index in [1.54, 1.807) is 23.1 Å². The number of piperidine rings is 1. The number of sulfonamides is 1. The average molecular weight is 592 g/mol. The molecule has 1 saturated heterocycles. The van der Waals surface area contributed by atoms with Crippen LogP contribution >= 0.6 is 11.6 Å². The normalized spacial score (nSPS) is 16.5. The summed E-state index contributed by atoms with van der Waals surface area (Å²) in [6.45, 7) is 1.82. The largest absolute Gasteiger partial charge is 0.573 e. The molecule has 14 heteroatoms. The second-order valence-electron chi connectivity index (χ2n) is 9.14. The molecule has 39 heavy (non-hydrogen) atoms. The number of ether oxygens (including phenoxy) is 1. The number of likely N-dealkylation sites (N-methyl/N-ethyl adjacent to an activating group) is 1. The molecule has 1 N–H and O–H groups in total. The number of alkyl halides is 3. The van der Waals surface area contributed by atoms with Gasteiger partial charge < -0.3 is 14.7 Å². The number of halogens is 4. The van der Waals surface area contributed by atoms with Crippen molar-refractivity contribution in [2.24, 2.45) is 0 Å². The smallest absolute Gasteiger partial charge is 0.465 e. The molecule has 2 amide bonds. The lowest BCUT2D eigenvalue weighted by Gasteiger charge is -2.36. The SMILES string of the molecule is CCS(=O)(=O)N(Cc1cccc(Cl)c1)C(=O)c1ccc(CN2CCCC(N(C)C(=O)O)C2)c(OC(F)(F)F)c1. The van der Waals surface area contributed by atoms with Gasteiger partial charge in [-0.05, 0) is 56.1 Å². The first-order valence-corrected chi connectivity index (χ1v) is 14.0. The van der Waals surface area contributed by atoms with Gasteiger partial charge in [0.05, 0.1) is 12.3 Å². The quantitative estimate of drug-likeness (QED) is 0.446. The number of rotatable bonds is 9. The third-order valence-electron chi connectivity index (χ3n) is 6.41. The number of hydrogen-bond acceptors (Lipinski definition) is 6. The number of carboxylic acid groups (broad SMARTS) is 1. The van der Waals surface area contributed by atoms with Gasteiger partial charge in [0.2, 0.25) is 10.0 Å². The molecule has 0 spiro atoms. The Balaban J connectivity index is 1.93. The summed E-state index contributed by atoms with van der Waals surface area (Å²) in [5.74, 6) is -2.07. The molecule has 1 aliphatic heterocycles. The zero-order chi connectivity index (χ0) is 29.0. The lowest BCUT2D eigenvalue weighted by Crippen LogP contribution is -2.47. The third kappa shape index (κ3) is 8.23. The molecule has 9 nitrogen and oxygen atoms in total. The number of amides is 2. The fraction of sp³-hybridized carbons (Fsp3) is 0.440. The summed E-state index contributed by atoms with van der Waals surface area (Å²) in [6, 6.07) is 9.32. The van der Waals surface area contributed by atoms with Crippen molar-refractivity contribution >= 4 is 33.6 Å². The van der Waals surface area contributed by atoms with Gasteiger partial charge in [0.25, 0.3) is 5.91 Å². The Hall–Kier alpha value is -3.03. The average Bonchev–Trinajstić information content (AvgIpc) is 2.86. The zero-order valence-corrected chi connectivity index (χ0v) is 22.9. The van der Waals surface area contributed by atoms with Gasteiger partial charge in [-0.25, -0.2) is 17.5 Å². The number of benzene rings is 2. The fourth-order valence-electron chi connectivity index (χ4n) is 4.32. The first kappa shape index (κ1) is 30.5. The molecule has 1 atom stereocenters. The first-order chi connectivity index (χ1) is 18.2. The Morgan fingerprint density at radius 3 is 2.54 bits per heavy atom. The monoisotopic (exact) mass is 591 g/mol. The molecule has 0 saturated carbocycles. The Labute approximate surface area is 229 Å². The first-order valence-electron chi connectivity index (χ1n) is 12.1. The van der Waals surface area contributed by atoms with Crippen LogP contribution in [0, 0.1) is 0 Å². The highest BCUT2D eigenvalue weighted by molar-refractivity contribution is 7.89. The molecule has 0 radical (unpaired) electrons. The van der Waals surface area contributed by atoms with E-state index < -0.39 is 39.9 Å². The van der Waals surface area contributed by atoms with Crippen LogP contribution < -0.4 is 4.74 Å². The van der Waals surface area contributed by atoms with Crippen LogP contribution in [0.1, 0.15) is 41.3 Å².